The molecule has 1 rings (SSSR count). The summed E-state index contributed by atoms with van der Waals surface area (Å²) in [5, 5.41) is -1.58. The Hall–Kier alpha value is -1.55. The molecule has 0 spiro atoms. The maximum absolute atomic E-state index is 12.8. The van der Waals surface area contributed by atoms with Crippen molar-refractivity contribution in [2.24, 2.45) is 5.73 Å². The van der Waals surface area contributed by atoms with Crippen molar-refractivity contribution in [3.8, 4) is 5.75 Å². The standard InChI is InChI=1S/C9H5ClF6N2O2/c10-7(19)3-2-18-4(1-17)5(8(11,12)13)6(3)20-9(14,15)16/h2H,1,17H2. The molecule has 1 heterocycles. The van der Waals surface area contributed by atoms with Crippen LogP contribution in [0.25, 0.3) is 0 Å². The molecule has 1 aromatic heterocycles. The molecular weight excluding hydrogens is 318 g/mol. The topological polar surface area (TPSA) is 65.2 Å². The van der Waals surface area contributed by atoms with Crippen LogP contribution in [0.5, 0.6) is 5.75 Å². The van der Waals surface area contributed by atoms with Crippen molar-refractivity contribution < 1.29 is 35.9 Å². The van der Waals surface area contributed by atoms with Gasteiger partial charge in [-0.05, 0) is 11.6 Å². The molecule has 112 valence electrons. The molecule has 0 unspecified atom stereocenters. The number of pyridine rings is 1. The molecule has 0 bridgehead atoms. The molecule has 0 amide bonds. The molecule has 0 fully saturated rings. The smallest absolute Gasteiger partial charge is 0.404 e. The van der Waals surface area contributed by atoms with Crippen LogP contribution in [0.1, 0.15) is 21.6 Å². The van der Waals surface area contributed by atoms with E-state index >= 15 is 0 Å². The molecule has 0 aliphatic carbocycles. The minimum atomic E-state index is -5.45. The van der Waals surface area contributed by atoms with E-state index in [4.69, 9.17) is 17.3 Å². The van der Waals surface area contributed by atoms with Crippen molar-refractivity contribution in [3.63, 3.8) is 0 Å². The van der Waals surface area contributed by atoms with Crippen molar-refractivity contribution in [2.75, 3.05) is 0 Å². The van der Waals surface area contributed by atoms with Crippen molar-refractivity contribution in [1.29, 1.82) is 0 Å². The van der Waals surface area contributed by atoms with Crippen molar-refractivity contribution in [2.45, 2.75) is 19.1 Å². The molecule has 11 heteroatoms. The minimum absolute atomic E-state index is 0.438. The first-order valence-electron chi connectivity index (χ1n) is 4.72. The molecule has 0 radical (unpaired) electrons. The lowest BCUT2D eigenvalue weighted by Gasteiger charge is -2.19. The van der Waals surface area contributed by atoms with E-state index in [2.05, 4.69) is 9.72 Å². The number of nitrogens with two attached hydrogens (primary N) is 1. The Balaban J connectivity index is 3.65. The highest BCUT2D eigenvalue weighted by molar-refractivity contribution is 6.68. The van der Waals surface area contributed by atoms with Crippen LogP contribution in [-0.4, -0.2) is 16.6 Å². The monoisotopic (exact) mass is 322 g/mol. The average Bonchev–Trinajstić information content (AvgIpc) is 2.23. The molecule has 0 aliphatic rings. The molecule has 0 atom stereocenters. The maximum Gasteiger partial charge on any atom is 0.573 e. The third-order valence-electron chi connectivity index (χ3n) is 2.02. The second kappa shape index (κ2) is 5.44. The highest BCUT2D eigenvalue weighted by Crippen LogP contribution is 2.42. The predicted molar refractivity (Wildman–Crippen MR) is 54.0 cm³/mol. The molecule has 0 saturated heterocycles. The number of aromatic nitrogens is 1. The van der Waals surface area contributed by atoms with Crippen LogP contribution >= 0.6 is 11.6 Å². The van der Waals surface area contributed by atoms with E-state index in [0.29, 0.717) is 6.20 Å². The number of halogens is 7. The molecule has 0 aliphatic heterocycles. The summed E-state index contributed by atoms with van der Waals surface area (Å²) in [6, 6.07) is 0. The first-order chi connectivity index (χ1) is 8.97. The quantitative estimate of drug-likeness (QED) is 0.686. The Bertz CT molecular complexity index is 528. The molecule has 0 saturated carbocycles. The maximum atomic E-state index is 12.8. The van der Waals surface area contributed by atoms with E-state index in [1.807, 2.05) is 0 Å². The fourth-order valence-corrected chi connectivity index (χ4v) is 1.47. The average molecular weight is 323 g/mol. The van der Waals surface area contributed by atoms with Crippen LogP contribution in [0.4, 0.5) is 26.3 Å². The Morgan fingerprint density at radius 2 is 1.85 bits per heavy atom. The molecule has 0 aromatic carbocycles. The first kappa shape index (κ1) is 16.5. The van der Waals surface area contributed by atoms with Crippen LogP contribution in [0.2, 0.25) is 0 Å². The molecular formula is C9H5ClF6N2O2. The second-order valence-electron chi connectivity index (χ2n) is 3.35. The number of hydrogen-bond donors (Lipinski definition) is 1. The van der Waals surface area contributed by atoms with Gasteiger partial charge in [0, 0.05) is 12.7 Å². The largest absolute Gasteiger partial charge is 0.573 e. The molecule has 4 nitrogen and oxygen atoms in total. The zero-order chi connectivity index (χ0) is 15.7. The van der Waals surface area contributed by atoms with Crippen LogP contribution < -0.4 is 10.5 Å². The van der Waals surface area contributed by atoms with E-state index in [1.54, 1.807) is 0 Å². The number of nitrogens with zero attached hydrogens (tertiary/aromatic N) is 1. The lowest BCUT2D eigenvalue weighted by molar-refractivity contribution is -0.276. The Kier molecular flexibility index (Phi) is 4.49. The zero-order valence-electron chi connectivity index (χ0n) is 9.27. The van der Waals surface area contributed by atoms with Crippen molar-refractivity contribution in [3.05, 3.63) is 23.0 Å². The first-order valence-corrected chi connectivity index (χ1v) is 5.10. The number of hydrogen-bond acceptors (Lipinski definition) is 4. The van der Waals surface area contributed by atoms with E-state index < -0.39 is 46.9 Å². The van der Waals surface area contributed by atoms with E-state index in [9.17, 15) is 31.1 Å². The number of carbonyl (C=O) groups is 1. The molecule has 2 N–H and O–H groups in total. The molecule has 1 aromatic rings. The summed E-state index contributed by atoms with van der Waals surface area (Å²) in [4.78, 5) is 14.1. The molecule has 20 heavy (non-hydrogen) atoms. The van der Waals surface area contributed by atoms with Crippen LogP contribution in [0.3, 0.4) is 0 Å². The van der Waals surface area contributed by atoms with Gasteiger partial charge in [0.1, 0.15) is 5.56 Å². The summed E-state index contributed by atoms with van der Waals surface area (Å²) in [6.07, 6.45) is -10.3. The van der Waals surface area contributed by atoms with Gasteiger partial charge >= 0.3 is 12.5 Å². The van der Waals surface area contributed by atoms with E-state index in [-0.39, 0.29) is 0 Å². The summed E-state index contributed by atoms with van der Waals surface area (Å²) in [6.45, 7) is -0.806. The summed E-state index contributed by atoms with van der Waals surface area (Å²) in [7, 11) is 0. The van der Waals surface area contributed by atoms with Crippen molar-refractivity contribution in [1.82, 2.24) is 4.98 Å². The number of carbonyl (C=O) groups excluding carboxylic acids is 1. The predicted octanol–water partition coefficient (Wildman–Crippen LogP) is 2.84. The van der Waals surface area contributed by atoms with Gasteiger partial charge in [-0.3, -0.25) is 9.78 Å². The fourth-order valence-electron chi connectivity index (χ4n) is 1.34. The third kappa shape index (κ3) is 3.73. The van der Waals surface area contributed by atoms with E-state index in [0.717, 1.165) is 0 Å². The van der Waals surface area contributed by atoms with Gasteiger partial charge in [0.05, 0.1) is 11.3 Å². The SMILES string of the molecule is NCc1ncc(C(=O)Cl)c(OC(F)(F)F)c1C(F)(F)F. The third-order valence-corrected chi connectivity index (χ3v) is 2.22. The summed E-state index contributed by atoms with van der Waals surface area (Å²) in [5.74, 6) is -1.76. The van der Waals surface area contributed by atoms with Gasteiger partial charge in [0.25, 0.3) is 5.24 Å². The number of rotatable bonds is 3. The highest BCUT2D eigenvalue weighted by Gasteiger charge is 2.43. The van der Waals surface area contributed by atoms with Gasteiger partial charge in [0.15, 0.2) is 5.75 Å². The van der Waals surface area contributed by atoms with E-state index in [1.165, 1.54) is 0 Å². The van der Waals surface area contributed by atoms with Gasteiger partial charge in [-0.25, -0.2) is 0 Å². The fraction of sp³-hybridized carbons (Fsp3) is 0.333. The minimum Gasteiger partial charge on any atom is -0.404 e. The summed E-state index contributed by atoms with van der Waals surface area (Å²) in [5.41, 5.74) is 1.04. The van der Waals surface area contributed by atoms with Gasteiger partial charge in [0.2, 0.25) is 0 Å². The number of ether oxygens (including phenoxy) is 1. The van der Waals surface area contributed by atoms with Gasteiger partial charge in [-0.2, -0.15) is 13.2 Å². The zero-order valence-corrected chi connectivity index (χ0v) is 10.0. The van der Waals surface area contributed by atoms with Gasteiger partial charge in [-0.1, -0.05) is 0 Å². The second-order valence-corrected chi connectivity index (χ2v) is 3.69. The van der Waals surface area contributed by atoms with Gasteiger partial charge < -0.3 is 10.5 Å². The van der Waals surface area contributed by atoms with Crippen LogP contribution in [-0.2, 0) is 12.7 Å². The Labute approximate surface area is 112 Å². The Morgan fingerprint density at radius 3 is 2.20 bits per heavy atom. The summed E-state index contributed by atoms with van der Waals surface area (Å²) >= 11 is 4.93. The summed E-state index contributed by atoms with van der Waals surface area (Å²) < 4.78 is 78.3. The van der Waals surface area contributed by atoms with Crippen LogP contribution in [0, 0.1) is 0 Å². The van der Waals surface area contributed by atoms with Crippen LogP contribution in [0.15, 0.2) is 6.20 Å². The highest BCUT2D eigenvalue weighted by atomic mass is 35.5. The van der Waals surface area contributed by atoms with Crippen molar-refractivity contribution >= 4 is 16.8 Å². The van der Waals surface area contributed by atoms with Gasteiger partial charge in [-0.15, -0.1) is 13.2 Å². The lowest BCUT2D eigenvalue weighted by atomic mass is 10.1. The Morgan fingerprint density at radius 1 is 1.30 bits per heavy atom. The normalized spacial score (nSPS) is 12.4. The number of alkyl halides is 6. The lowest BCUT2D eigenvalue weighted by Crippen LogP contribution is -2.24.